The average molecular weight is 259 g/mol. The Labute approximate surface area is 114 Å². The lowest BCUT2D eigenvalue weighted by molar-refractivity contribution is 0.240. The van der Waals surface area contributed by atoms with Crippen molar-refractivity contribution in [2.75, 3.05) is 13.7 Å². The van der Waals surface area contributed by atoms with Gasteiger partial charge in [0.1, 0.15) is 5.75 Å². The molecule has 3 nitrogen and oxygen atoms in total. The molecule has 0 aliphatic heterocycles. The molecule has 2 aliphatic rings. The maximum atomic E-state index is 10.2. The maximum Gasteiger partial charge on any atom is 0.119 e. The van der Waals surface area contributed by atoms with Crippen LogP contribution >= 0.6 is 0 Å². The number of fused-ring (bicyclic) bond motifs is 2. The second-order valence-corrected chi connectivity index (χ2v) is 5.63. The van der Waals surface area contributed by atoms with E-state index in [0.29, 0.717) is 0 Å². The van der Waals surface area contributed by atoms with Crippen molar-refractivity contribution in [2.45, 2.75) is 37.2 Å². The van der Waals surface area contributed by atoms with E-state index in [1.54, 1.807) is 7.11 Å². The fraction of sp³-hybridized carbons (Fsp3) is 0.500. The van der Waals surface area contributed by atoms with Crippen LogP contribution in [0.1, 0.15) is 36.8 Å². The third-order valence-electron chi connectivity index (χ3n) is 4.58. The molecule has 0 bridgehead atoms. The maximum absolute atomic E-state index is 10.2. The number of hydrogen-bond acceptors (Lipinski definition) is 3. The summed E-state index contributed by atoms with van der Waals surface area (Å²) in [5.41, 5.74) is 9.23. The Morgan fingerprint density at radius 1 is 1.37 bits per heavy atom. The highest BCUT2D eigenvalue weighted by molar-refractivity contribution is 5.80. The van der Waals surface area contributed by atoms with Crippen LogP contribution < -0.4 is 10.5 Å². The van der Waals surface area contributed by atoms with E-state index in [0.717, 1.165) is 16.9 Å². The molecule has 1 fully saturated rings. The molecule has 0 amide bonds. The average Bonchev–Trinajstić information content (AvgIpc) is 3.04. The van der Waals surface area contributed by atoms with Crippen LogP contribution in [0.2, 0.25) is 0 Å². The summed E-state index contributed by atoms with van der Waals surface area (Å²) in [6.45, 7) is 0.262. The molecule has 102 valence electrons. The number of methoxy groups -OCH3 is 1. The van der Waals surface area contributed by atoms with Gasteiger partial charge in [0.15, 0.2) is 0 Å². The van der Waals surface area contributed by atoms with Crippen molar-refractivity contribution in [1.29, 1.82) is 0 Å². The first-order chi connectivity index (χ1) is 9.20. The van der Waals surface area contributed by atoms with Crippen molar-refractivity contribution in [3.63, 3.8) is 0 Å². The zero-order chi connectivity index (χ0) is 13.5. The van der Waals surface area contributed by atoms with E-state index in [9.17, 15) is 5.11 Å². The molecule has 2 aliphatic carbocycles. The molecule has 3 N–H and O–H groups in total. The van der Waals surface area contributed by atoms with E-state index >= 15 is 0 Å². The number of aliphatic hydroxyl groups is 1. The zero-order valence-electron chi connectivity index (χ0n) is 11.4. The zero-order valence-corrected chi connectivity index (χ0v) is 11.4. The minimum Gasteiger partial charge on any atom is -0.497 e. The number of ether oxygens (including phenoxy) is 1. The van der Waals surface area contributed by atoms with Gasteiger partial charge >= 0.3 is 0 Å². The lowest BCUT2D eigenvalue weighted by atomic mass is 9.81. The summed E-state index contributed by atoms with van der Waals surface area (Å²) in [7, 11) is 1.67. The number of nitrogens with two attached hydrogens (primary N) is 1. The van der Waals surface area contributed by atoms with Crippen LogP contribution in [0.15, 0.2) is 24.3 Å². The van der Waals surface area contributed by atoms with E-state index < -0.39 is 6.10 Å². The minimum atomic E-state index is -0.578. The first-order valence-electron chi connectivity index (χ1n) is 7.00. The van der Waals surface area contributed by atoms with Crippen molar-refractivity contribution in [1.82, 2.24) is 0 Å². The molecule has 1 spiro atoms. The van der Waals surface area contributed by atoms with Crippen LogP contribution in [0.3, 0.4) is 0 Å². The highest BCUT2D eigenvalue weighted by Crippen LogP contribution is 2.51. The highest BCUT2D eigenvalue weighted by Gasteiger charge is 2.41. The van der Waals surface area contributed by atoms with Gasteiger partial charge in [-0.3, -0.25) is 0 Å². The van der Waals surface area contributed by atoms with Crippen LogP contribution in [-0.4, -0.2) is 24.9 Å². The number of allylic oxidation sites excluding steroid dienone is 1. The molecule has 1 aromatic carbocycles. The Morgan fingerprint density at radius 3 is 2.74 bits per heavy atom. The molecule has 1 atom stereocenters. The van der Waals surface area contributed by atoms with Gasteiger partial charge in [0, 0.05) is 12.0 Å². The SMILES string of the molecule is COc1ccc2c(c1)C(C(O)CN)=CC21CCCC1. The molecule has 0 saturated heterocycles. The highest BCUT2D eigenvalue weighted by atomic mass is 16.5. The van der Waals surface area contributed by atoms with Crippen molar-refractivity contribution < 1.29 is 9.84 Å². The number of benzene rings is 1. The summed E-state index contributed by atoms with van der Waals surface area (Å²) in [4.78, 5) is 0. The first-order valence-corrected chi connectivity index (χ1v) is 7.00. The van der Waals surface area contributed by atoms with E-state index in [4.69, 9.17) is 10.5 Å². The summed E-state index contributed by atoms with van der Waals surface area (Å²) < 4.78 is 5.31. The van der Waals surface area contributed by atoms with Crippen LogP contribution in [0.5, 0.6) is 5.75 Å². The summed E-state index contributed by atoms with van der Waals surface area (Å²) >= 11 is 0. The summed E-state index contributed by atoms with van der Waals surface area (Å²) in [6, 6.07) is 6.21. The molecule has 1 saturated carbocycles. The largest absolute Gasteiger partial charge is 0.497 e. The van der Waals surface area contributed by atoms with Crippen molar-refractivity contribution >= 4 is 5.57 Å². The molecule has 19 heavy (non-hydrogen) atoms. The summed E-state index contributed by atoms with van der Waals surface area (Å²) in [5.74, 6) is 0.837. The topological polar surface area (TPSA) is 55.5 Å². The third-order valence-corrected chi connectivity index (χ3v) is 4.58. The quantitative estimate of drug-likeness (QED) is 0.875. The fourth-order valence-electron chi connectivity index (χ4n) is 3.60. The third kappa shape index (κ3) is 1.88. The van der Waals surface area contributed by atoms with Gasteiger partial charge in [0.2, 0.25) is 0 Å². The molecular formula is C16H21NO2. The summed E-state index contributed by atoms with van der Waals surface area (Å²) in [5, 5.41) is 10.2. The van der Waals surface area contributed by atoms with E-state index in [1.165, 1.54) is 31.2 Å². The van der Waals surface area contributed by atoms with E-state index in [2.05, 4.69) is 12.1 Å². The molecule has 3 heteroatoms. The Kier molecular flexibility index (Phi) is 3.11. The molecular weight excluding hydrogens is 238 g/mol. The second-order valence-electron chi connectivity index (χ2n) is 5.63. The molecule has 1 aromatic rings. The fourth-order valence-corrected chi connectivity index (χ4v) is 3.60. The van der Waals surface area contributed by atoms with Gasteiger partial charge in [-0.05, 0) is 41.7 Å². The predicted molar refractivity (Wildman–Crippen MR) is 76.2 cm³/mol. The van der Waals surface area contributed by atoms with E-state index in [1.807, 2.05) is 12.1 Å². The van der Waals surface area contributed by atoms with Crippen molar-refractivity contribution in [3.05, 3.63) is 35.4 Å². The first kappa shape index (κ1) is 12.7. The minimum absolute atomic E-state index is 0.132. The van der Waals surface area contributed by atoms with Gasteiger partial charge in [-0.25, -0.2) is 0 Å². The van der Waals surface area contributed by atoms with Gasteiger partial charge in [0.25, 0.3) is 0 Å². The Balaban J connectivity index is 2.12. The van der Waals surface area contributed by atoms with Crippen LogP contribution in [0.25, 0.3) is 5.57 Å². The molecule has 1 unspecified atom stereocenters. The predicted octanol–water partition coefficient (Wildman–Crippen LogP) is 2.22. The normalized spacial score (nSPS) is 21.3. The van der Waals surface area contributed by atoms with Gasteiger partial charge < -0.3 is 15.6 Å². The van der Waals surface area contributed by atoms with Gasteiger partial charge in [0.05, 0.1) is 13.2 Å². The number of rotatable bonds is 3. The second kappa shape index (κ2) is 4.66. The molecule has 0 aromatic heterocycles. The lowest BCUT2D eigenvalue weighted by Crippen LogP contribution is -2.20. The van der Waals surface area contributed by atoms with Crippen molar-refractivity contribution in [2.24, 2.45) is 5.73 Å². The Bertz CT molecular complexity index is 515. The molecule has 3 rings (SSSR count). The van der Waals surface area contributed by atoms with Gasteiger partial charge in [-0.2, -0.15) is 0 Å². The van der Waals surface area contributed by atoms with Crippen LogP contribution in [-0.2, 0) is 5.41 Å². The number of aliphatic hydroxyl groups excluding tert-OH is 1. The lowest BCUT2D eigenvalue weighted by Gasteiger charge is -2.22. The summed E-state index contributed by atoms with van der Waals surface area (Å²) in [6.07, 6.45) is 6.55. The smallest absolute Gasteiger partial charge is 0.119 e. The molecule has 0 radical (unpaired) electrons. The number of hydrogen-bond donors (Lipinski definition) is 2. The van der Waals surface area contributed by atoms with E-state index in [-0.39, 0.29) is 12.0 Å². The Morgan fingerprint density at radius 2 is 2.11 bits per heavy atom. The van der Waals surface area contributed by atoms with Crippen LogP contribution in [0, 0.1) is 0 Å². The standard InChI is InChI=1S/C16H21NO2/c1-19-11-4-5-14-12(8-11)13(15(18)10-17)9-16(14)6-2-3-7-16/h4-5,8-9,15,18H,2-3,6-7,10,17H2,1H3. The van der Waals surface area contributed by atoms with Gasteiger partial charge in [-0.1, -0.05) is 25.0 Å². The van der Waals surface area contributed by atoms with Gasteiger partial charge in [-0.15, -0.1) is 0 Å². The Hall–Kier alpha value is -1.32. The monoisotopic (exact) mass is 259 g/mol. The van der Waals surface area contributed by atoms with Crippen molar-refractivity contribution in [3.8, 4) is 5.75 Å². The molecule has 0 heterocycles. The van der Waals surface area contributed by atoms with Crippen LogP contribution in [0.4, 0.5) is 0 Å².